The van der Waals surface area contributed by atoms with E-state index in [1.807, 2.05) is 43.3 Å². The Morgan fingerprint density at radius 3 is 2.68 bits per heavy atom. The van der Waals surface area contributed by atoms with Crippen molar-refractivity contribution < 1.29 is 9.53 Å². The number of hydrogen-bond acceptors (Lipinski definition) is 7. The lowest BCUT2D eigenvalue weighted by Crippen LogP contribution is -2.23. The molecule has 2 aromatic heterocycles. The second-order valence-corrected chi connectivity index (χ2v) is 8.37. The summed E-state index contributed by atoms with van der Waals surface area (Å²) < 4.78 is 7.06. The zero-order valence-corrected chi connectivity index (χ0v) is 19.2. The summed E-state index contributed by atoms with van der Waals surface area (Å²) in [6, 6.07) is 19.8. The van der Waals surface area contributed by atoms with Crippen molar-refractivity contribution >= 4 is 28.3 Å². The molecule has 2 aromatic carbocycles. The highest BCUT2D eigenvalue weighted by Crippen LogP contribution is 2.17. The van der Waals surface area contributed by atoms with Crippen LogP contribution in [0.2, 0.25) is 0 Å². The van der Waals surface area contributed by atoms with E-state index in [1.165, 1.54) is 28.0 Å². The molecule has 0 saturated heterocycles. The first-order valence-corrected chi connectivity index (χ1v) is 11.4. The van der Waals surface area contributed by atoms with Gasteiger partial charge in [-0.05, 0) is 35.8 Å². The van der Waals surface area contributed by atoms with Crippen molar-refractivity contribution in [2.75, 3.05) is 0 Å². The summed E-state index contributed by atoms with van der Waals surface area (Å²) in [5.41, 5.74) is 1.93. The molecular weight excluding hydrogens is 450 g/mol. The number of aromatic nitrogens is 3. The SMILES string of the molecule is CCc1nn2c(=O)cc(COc3ccc(C=C(C#N)C(=O)NCc4ccccc4)cc3)nc2s1. The van der Waals surface area contributed by atoms with Gasteiger partial charge in [-0.1, -0.05) is 60.7 Å². The molecular formula is C25H21N5O3S. The average Bonchev–Trinajstić information content (AvgIpc) is 3.30. The molecule has 0 bridgehead atoms. The third kappa shape index (κ3) is 5.54. The van der Waals surface area contributed by atoms with Gasteiger partial charge in [0.25, 0.3) is 11.5 Å². The van der Waals surface area contributed by atoms with Crippen molar-refractivity contribution in [3.63, 3.8) is 0 Å². The van der Waals surface area contributed by atoms with Crippen molar-refractivity contribution in [3.8, 4) is 11.8 Å². The van der Waals surface area contributed by atoms with Crippen LogP contribution in [0.25, 0.3) is 11.0 Å². The van der Waals surface area contributed by atoms with E-state index in [2.05, 4.69) is 15.4 Å². The van der Waals surface area contributed by atoms with Crippen molar-refractivity contribution in [2.45, 2.75) is 26.5 Å². The molecule has 0 aliphatic carbocycles. The predicted molar refractivity (Wildman–Crippen MR) is 129 cm³/mol. The molecule has 1 N–H and O–H groups in total. The standard InChI is InChI=1S/C25H21N5O3S/c1-2-22-29-30-23(31)13-20(28-25(30)34-22)16-33-21-10-8-17(9-11-21)12-19(14-26)24(32)27-15-18-6-4-3-5-7-18/h3-13H,2,15-16H2,1H3,(H,27,32). The number of nitrogens with one attached hydrogen (secondary N) is 1. The fraction of sp³-hybridized carbons (Fsp3) is 0.160. The van der Waals surface area contributed by atoms with Gasteiger partial charge in [0, 0.05) is 12.6 Å². The second kappa shape index (κ2) is 10.6. The van der Waals surface area contributed by atoms with Crippen LogP contribution < -0.4 is 15.6 Å². The van der Waals surface area contributed by atoms with Crippen molar-refractivity contribution in [3.05, 3.63) is 98.4 Å². The molecule has 170 valence electrons. The van der Waals surface area contributed by atoms with Gasteiger partial charge in [0.15, 0.2) is 0 Å². The lowest BCUT2D eigenvalue weighted by atomic mass is 10.1. The molecule has 2 heterocycles. The van der Waals surface area contributed by atoms with Gasteiger partial charge in [-0.2, -0.15) is 14.9 Å². The molecule has 9 heteroatoms. The van der Waals surface area contributed by atoms with Gasteiger partial charge in [-0.15, -0.1) is 0 Å². The number of hydrogen-bond donors (Lipinski definition) is 1. The number of aryl methyl sites for hydroxylation is 1. The second-order valence-electron chi connectivity index (χ2n) is 7.33. The van der Waals surface area contributed by atoms with E-state index in [1.54, 1.807) is 24.3 Å². The number of carbonyl (C=O) groups is 1. The number of carbonyl (C=O) groups excluding carboxylic acids is 1. The van der Waals surface area contributed by atoms with Gasteiger partial charge in [0.2, 0.25) is 4.96 Å². The summed E-state index contributed by atoms with van der Waals surface area (Å²) in [7, 11) is 0. The maximum atomic E-state index is 12.4. The van der Waals surface area contributed by atoms with E-state index in [0.717, 1.165) is 17.0 Å². The molecule has 0 fully saturated rings. The van der Waals surface area contributed by atoms with Crippen molar-refractivity contribution in [2.24, 2.45) is 0 Å². The Bertz CT molecular complexity index is 1430. The maximum Gasteiger partial charge on any atom is 0.275 e. The first kappa shape index (κ1) is 22.9. The molecule has 0 aliphatic heterocycles. The zero-order valence-electron chi connectivity index (χ0n) is 18.4. The summed E-state index contributed by atoms with van der Waals surface area (Å²) in [4.78, 5) is 29.6. The number of rotatable bonds is 8. The minimum absolute atomic E-state index is 0.0126. The topological polar surface area (TPSA) is 109 Å². The van der Waals surface area contributed by atoms with E-state index in [9.17, 15) is 14.9 Å². The minimum Gasteiger partial charge on any atom is -0.487 e. The molecule has 4 aromatic rings. The number of benzene rings is 2. The van der Waals surface area contributed by atoms with E-state index < -0.39 is 5.91 Å². The van der Waals surface area contributed by atoms with Crippen LogP contribution in [-0.4, -0.2) is 20.5 Å². The molecule has 34 heavy (non-hydrogen) atoms. The molecule has 0 radical (unpaired) electrons. The highest BCUT2D eigenvalue weighted by Gasteiger charge is 2.10. The van der Waals surface area contributed by atoms with Gasteiger partial charge in [-0.25, -0.2) is 4.98 Å². The number of nitrogens with zero attached hydrogens (tertiary/aromatic N) is 4. The number of amides is 1. The van der Waals surface area contributed by atoms with Crippen molar-refractivity contribution in [1.29, 1.82) is 5.26 Å². The molecule has 0 unspecified atom stereocenters. The fourth-order valence-electron chi connectivity index (χ4n) is 3.12. The summed E-state index contributed by atoms with van der Waals surface area (Å²) in [5.74, 6) is 0.137. The van der Waals surface area contributed by atoms with E-state index in [0.29, 0.717) is 28.5 Å². The van der Waals surface area contributed by atoms with E-state index >= 15 is 0 Å². The Morgan fingerprint density at radius 1 is 1.21 bits per heavy atom. The third-order valence-electron chi connectivity index (χ3n) is 4.88. The number of nitriles is 1. The smallest absolute Gasteiger partial charge is 0.275 e. The Hall–Kier alpha value is -4.29. The Kier molecular flexibility index (Phi) is 7.10. The Balaban J connectivity index is 1.39. The van der Waals surface area contributed by atoms with Gasteiger partial charge in [-0.3, -0.25) is 9.59 Å². The average molecular weight is 472 g/mol. The highest BCUT2D eigenvalue weighted by molar-refractivity contribution is 7.16. The van der Waals surface area contributed by atoms with Crippen LogP contribution in [-0.2, 0) is 24.4 Å². The van der Waals surface area contributed by atoms with Crippen LogP contribution in [0.3, 0.4) is 0 Å². The van der Waals surface area contributed by atoms with Gasteiger partial charge >= 0.3 is 0 Å². The normalized spacial score (nSPS) is 11.2. The lowest BCUT2D eigenvalue weighted by Gasteiger charge is -2.07. The third-order valence-corrected chi connectivity index (χ3v) is 5.93. The Labute approximate surface area is 199 Å². The van der Waals surface area contributed by atoms with Crippen LogP contribution in [0.5, 0.6) is 5.75 Å². The van der Waals surface area contributed by atoms with Gasteiger partial charge in [0.1, 0.15) is 29.0 Å². The highest BCUT2D eigenvalue weighted by atomic mass is 32.1. The number of fused-ring (bicyclic) bond motifs is 1. The van der Waals surface area contributed by atoms with Gasteiger partial charge in [0.05, 0.1) is 5.69 Å². The molecule has 0 spiro atoms. The minimum atomic E-state index is -0.436. The zero-order chi connectivity index (χ0) is 23.9. The maximum absolute atomic E-state index is 12.4. The molecule has 4 rings (SSSR count). The van der Waals surface area contributed by atoms with Gasteiger partial charge < -0.3 is 10.1 Å². The molecule has 0 aliphatic rings. The summed E-state index contributed by atoms with van der Waals surface area (Å²) in [6.45, 7) is 2.45. The van der Waals surface area contributed by atoms with E-state index in [4.69, 9.17) is 4.74 Å². The first-order valence-electron chi connectivity index (χ1n) is 10.6. The largest absolute Gasteiger partial charge is 0.487 e. The van der Waals surface area contributed by atoms with Crippen LogP contribution >= 0.6 is 11.3 Å². The lowest BCUT2D eigenvalue weighted by molar-refractivity contribution is -0.117. The summed E-state index contributed by atoms with van der Waals surface area (Å²) in [5, 5.41) is 17.2. The fourth-order valence-corrected chi connectivity index (χ4v) is 3.98. The molecule has 1 amide bonds. The molecule has 8 nitrogen and oxygen atoms in total. The molecule has 0 atom stereocenters. The number of ether oxygens (including phenoxy) is 1. The molecule has 0 saturated carbocycles. The predicted octanol–water partition coefficient (Wildman–Crippen LogP) is 3.52. The van der Waals surface area contributed by atoms with Crippen molar-refractivity contribution in [1.82, 2.24) is 19.9 Å². The Morgan fingerprint density at radius 2 is 1.97 bits per heavy atom. The van der Waals surface area contributed by atoms with Crippen LogP contribution in [0, 0.1) is 11.3 Å². The van der Waals surface area contributed by atoms with Crippen LogP contribution in [0.4, 0.5) is 0 Å². The summed E-state index contributed by atoms with van der Waals surface area (Å²) >= 11 is 1.38. The van der Waals surface area contributed by atoms with E-state index in [-0.39, 0.29) is 17.7 Å². The first-order chi connectivity index (χ1) is 16.6. The summed E-state index contributed by atoms with van der Waals surface area (Å²) in [6.07, 6.45) is 2.26. The van der Waals surface area contributed by atoms with Crippen LogP contribution in [0.1, 0.15) is 28.8 Å². The monoisotopic (exact) mass is 471 g/mol. The quantitative estimate of drug-likeness (QED) is 0.311. The van der Waals surface area contributed by atoms with Crippen LogP contribution in [0.15, 0.2) is 71.0 Å².